The van der Waals surface area contributed by atoms with Gasteiger partial charge in [-0.25, -0.2) is 0 Å². The Bertz CT molecular complexity index is 459. The van der Waals surface area contributed by atoms with Gasteiger partial charge < -0.3 is 9.30 Å². The summed E-state index contributed by atoms with van der Waals surface area (Å²) in [6.07, 6.45) is 1.08. The summed E-state index contributed by atoms with van der Waals surface area (Å²) in [6.45, 7) is 6.91. The lowest BCUT2D eigenvalue weighted by molar-refractivity contribution is 0.142. The van der Waals surface area contributed by atoms with Gasteiger partial charge in [0, 0.05) is 31.0 Å². The van der Waals surface area contributed by atoms with Gasteiger partial charge in [-0.15, -0.1) is 0 Å². The van der Waals surface area contributed by atoms with Crippen LogP contribution < -0.4 is 0 Å². The molecule has 1 heterocycles. The summed E-state index contributed by atoms with van der Waals surface area (Å²) in [5.74, 6) is 0. The molecule has 0 aliphatic carbocycles. The summed E-state index contributed by atoms with van der Waals surface area (Å²) in [5.41, 5.74) is 2.66. The highest BCUT2D eigenvalue weighted by Gasteiger charge is 2.03. The molecule has 0 radical (unpaired) electrons. The molecule has 2 rings (SSSR count). The van der Waals surface area contributed by atoms with Crippen molar-refractivity contribution in [1.29, 1.82) is 0 Å². The molecular weight excluding hydrogens is 198 g/mol. The van der Waals surface area contributed by atoms with Crippen molar-refractivity contribution in [3.05, 3.63) is 36.0 Å². The minimum Gasteiger partial charge on any atom is -0.382 e. The van der Waals surface area contributed by atoms with Crippen molar-refractivity contribution in [2.24, 2.45) is 0 Å². The molecule has 0 aliphatic heterocycles. The second-order valence-electron chi connectivity index (χ2n) is 4.05. The molecule has 0 N–H and O–H groups in total. The second-order valence-corrected chi connectivity index (χ2v) is 4.05. The van der Waals surface area contributed by atoms with Gasteiger partial charge in [0.1, 0.15) is 0 Å². The van der Waals surface area contributed by atoms with Gasteiger partial charge in [0.05, 0.1) is 0 Å². The maximum Gasteiger partial charge on any atom is 0.0482 e. The maximum absolute atomic E-state index is 5.37. The summed E-state index contributed by atoms with van der Waals surface area (Å²) < 4.78 is 7.74. The fraction of sp³-hybridized carbons (Fsp3) is 0.429. The molecule has 2 aromatic rings. The molecule has 0 amide bonds. The molecule has 0 saturated carbocycles. The Morgan fingerprint density at radius 2 is 2.06 bits per heavy atom. The lowest BCUT2D eigenvalue weighted by Crippen LogP contribution is -2.03. The van der Waals surface area contributed by atoms with E-state index in [0.29, 0.717) is 0 Å². The number of benzene rings is 1. The Kier molecular flexibility index (Phi) is 3.62. The summed E-state index contributed by atoms with van der Waals surface area (Å²) in [6, 6.07) is 10.8. The number of fused-ring (bicyclic) bond motifs is 1. The van der Waals surface area contributed by atoms with E-state index >= 15 is 0 Å². The van der Waals surface area contributed by atoms with Crippen LogP contribution in [0.25, 0.3) is 10.9 Å². The Labute approximate surface area is 96.8 Å². The third-order valence-electron chi connectivity index (χ3n) is 2.89. The highest BCUT2D eigenvalue weighted by Crippen LogP contribution is 2.19. The average molecular weight is 217 g/mol. The molecule has 16 heavy (non-hydrogen) atoms. The van der Waals surface area contributed by atoms with Crippen molar-refractivity contribution in [2.75, 3.05) is 13.2 Å². The predicted molar refractivity (Wildman–Crippen MR) is 67.8 cm³/mol. The summed E-state index contributed by atoms with van der Waals surface area (Å²) in [5, 5.41) is 1.33. The van der Waals surface area contributed by atoms with Crippen LogP contribution in [0, 0.1) is 6.92 Å². The first kappa shape index (κ1) is 11.2. The first-order valence-corrected chi connectivity index (χ1v) is 5.95. The Hall–Kier alpha value is -1.28. The monoisotopic (exact) mass is 217 g/mol. The third kappa shape index (κ3) is 2.27. The topological polar surface area (TPSA) is 14.2 Å². The average Bonchev–Trinajstić information content (AvgIpc) is 2.61. The van der Waals surface area contributed by atoms with E-state index in [2.05, 4.69) is 41.8 Å². The first-order chi connectivity index (χ1) is 7.83. The van der Waals surface area contributed by atoms with Crippen LogP contribution in [0.1, 0.15) is 19.0 Å². The highest BCUT2D eigenvalue weighted by molar-refractivity contribution is 5.81. The van der Waals surface area contributed by atoms with Crippen molar-refractivity contribution >= 4 is 10.9 Å². The van der Waals surface area contributed by atoms with Gasteiger partial charge in [0.15, 0.2) is 0 Å². The van der Waals surface area contributed by atoms with Crippen molar-refractivity contribution in [1.82, 2.24) is 4.57 Å². The number of aryl methyl sites for hydroxylation is 2. The van der Waals surface area contributed by atoms with Crippen molar-refractivity contribution in [2.45, 2.75) is 26.8 Å². The van der Waals surface area contributed by atoms with E-state index < -0.39 is 0 Å². The van der Waals surface area contributed by atoms with E-state index in [9.17, 15) is 0 Å². The summed E-state index contributed by atoms with van der Waals surface area (Å²) >= 11 is 0. The SMILES string of the molecule is CCOCCCn1c(C)cc2ccccc21. The van der Waals surface area contributed by atoms with Crippen LogP contribution in [-0.2, 0) is 11.3 Å². The Morgan fingerprint density at radius 3 is 2.88 bits per heavy atom. The standard InChI is InChI=1S/C14H19NO/c1-3-16-10-6-9-15-12(2)11-13-7-4-5-8-14(13)15/h4-5,7-8,11H,3,6,9-10H2,1-2H3. The summed E-state index contributed by atoms with van der Waals surface area (Å²) in [4.78, 5) is 0. The predicted octanol–water partition coefficient (Wildman–Crippen LogP) is 3.38. The van der Waals surface area contributed by atoms with E-state index in [1.54, 1.807) is 0 Å². The fourth-order valence-electron chi connectivity index (χ4n) is 2.11. The molecule has 86 valence electrons. The number of ether oxygens (including phenoxy) is 1. The lowest BCUT2D eigenvalue weighted by Gasteiger charge is -2.08. The number of aromatic nitrogens is 1. The van der Waals surface area contributed by atoms with Crippen LogP contribution in [0.5, 0.6) is 0 Å². The second kappa shape index (κ2) is 5.17. The highest BCUT2D eigenvalue weighted by atomic mass is 16.5. The van der Waals surface area contributed by atoms with Crippen molar-refractivity contribution in [3.8, 4) is 0 Å². The third-order valence-corrected chi connectivity index (χ3v) is 2.89. The van der Waals surface area contributed by atoms with E-state index in [1.165, 1.54) is 16.6 Å². The lowest BCUT2D eigenvalue weighted by atomic mass is 10.2. The van der Waals surface area contributed by atoms with Gasteiger partial charge >= 0.3 is 0 Å². The molecule has 2 nitrogen and oxygen atoms in total. The van der Waals surface area contributed by atoms with Crippen molar-refractivity contribution < 1.29 is 4.74 Å². The quantitative estimate of drug-likeness (QED) is 0.700. The number of nitrogens with zero attached hydrogens (tertiary/aromatic N) is 1. The molecule has 0 unspecified atom stereocenters. The van der Waals surface area contributed by atoms with Gasteiger partial charge in [-0.2, -0.15) is 0 Å². The zero-order valence-corrected chi connectivity index (χ0v) is 10.1. The molecule has 0 fully saturated rings. The minimum atomic E-state index is 0.811. The van der Waals surface area contributed by atoms with Gasteiger partial charge in [-0.1, -0.05) is 18.2 Å². The van der Waals surface area contributed by atoms with Crippen LogP contribution >= 0.6 is 0 Å². The number of para-hydroxylation sites is 1. The van der Waals surface area contributed by atoms with E-state index in [-0.39, 0.29) is 0 Å². The largest absolute Gasteiger partial charge is 0.382 e. The number of rotatable bonds is 5. The molecule has 0 bridgehead atoms. The molecule has 0 atom stereocenters. The van der Waals surface area contributed by atoms with Crippen LogP contribution in [-0.4, -0.2) is 17.8 Å². The van der Waals surface area contributed by atoms with Gasteiger partial charge in [0.2, 0.25) is 0 Å². The smallest absolute Gasteiger partial charge is 0.0482 e. The molecule has 0 aliphatic rings. The van der Waals surface area contributed by atoms with E-state index in [1.807, 2.05) is 6.92 Å². The maximum atomic E-state index is 5.37. The van der Waals surface area contributed by atoms with Crippen molar-refractivity contribution in [3.63, 3.8) is 0 Å². The van der Waals surface area contributed by atoms with Crippen LogP contribution in [0.2, 0.25) is 0 Å². The number of hydrogen-bond acceptors (Lipinski definition) is 1. The van der Waals surface area contributed by atoms with Crippen LogP contribution in [0.3, 0.4) is 0 Å². The minimum absolute atomic E-state index is 0.811. The zero-order valence-electron chi connectivity index (χ0n) is 10.1. The molecule has 0 spiro atoms. The van der Waals surface area contributed by atoms with Gasteiger partial charge in [-0.3, -0.25) is 0 Å². The Morgan fingerprint density at radius 1 is 1.25 bits per heavy atom. The first-order valence-electron chi connectivity index (χ1n) is 5.95. The van der Waals surface area contributed by atoms with Gasteiger partial charge in [-0.05, 0) is 37.8 Å². The van der Waals surface area contributed by atoms with E-state index in [4.69, 9.17) is 4.74 Å². The zero-order chi connectivity index (χ0) is 11.4. The van der Waals surface area contributed by atoms with Crippen LogP contribution in [0.15, 0.2) is 30.3 Å². The molecule has 1 aromatic heterocycles. The molecule has 1 aromatic carbocycles. The fourth-order valence-corrected chi connectivity index (χ4v) is 2.11. The molecule has 0 saturated heterocycles. The van der Waals surface area contributed by atoms with Gasteiger partial charge in [0.25, 0.3) is 0 Å². The van der Waals surface area contributed by atoms with E-state index in [0.717, 1.165) is 26.2 Å². The number of hydrogen-bond donors (Lipinski definition) is 0. The molecule has 2 heteroatoms. The van der Waals surface area contributed by atoms with Crippen LogP contribution in [0.4, 0.5) is 0 Å². The normalized spacial score (nSPS) is 11.1. The Balaban J connectivity index is 2.13. The molecular formula is C14H19NO. The summed E-state index contributed by atoms with van der Waals surface area (Å²) in [7, 11) is 0.